The molecular weight excluding hydrogens is 376 g/mol. The van der Waals surface area contributed by atoms with Crippen LogP contribution in [0.5, 0.6) is 0 Å². The molecule has 4 rings (SSSR count). The third-order valence-corrected chi connectivity index (χ3v) is 6.36. The first kappa shape index (κ1) is 21.6. The molecule has 31 heavy (non-hydrogen) atoms. The van der Waals surface area contributed by atoms with Gasteiger partial charge in [-0.15, -0.1) is 0 Å². The predicted octanol–water partition coefficient (Wildman–Crippen LogP) is 6.31. The Morgan fingerprint density at radius 1 is 0.968 bits per heavy atom. The Bertz CT molecular complexity index is 1070. The molecule has 3 aromatic rings. The Hall–Kier alpha value is -2.60. The van der Waals surface area contributed by atoms with Crippen molar-refractivity contribution in [1.29, 1.82) is 0 Å². The second-order valence-electron chi connectivity index (χ2n) is 9.61. The van der Waals surface area contributed by atoms with Crippen LogP contribution in [0, 0.1) is 11.8 Å². The molecule has 2 nitrogen and oxygen atoms in total. The normalized spacial score (nSPS) is 20.1. The van der Waals surface area contributed by atoms with Crippen molar-refractivity contribution in [1.82, 2.24) is 5.32 Å². The number of nitrogens with one attached hydrogen (secondary N) is 1. The van der Waals surface area contributed by atoms with Gasteiger partial charge in [0.05, 0.1) is 5.54 Å². The molecular formula is C29H34N2. The van der Waals surface area contributed by atoms with Gasteiger partial charge in [-0.3, -0.25) is 0 Å². The molecule has 2 heteroatoms. The largest absolute Gasteiger partial charge is 0.316 e. The summed E-state index contributed by atoms with van der Waals surface area (Å²) in [6, 6.07) is 25.0. The third kappa shape index (κ3) is 5.56. The van der Waals surface area contributed by atoms with E-state index in [1.165, 1.54) is 47.6 Å². The van der Waals surface area contributed by atoms with Crippen LogP contribution in [0.4, 0.5) is 0 Å². The van der Waals surface area contributed by atoms with E-state index in [4.69, 9.17) is 5.73 Å². The van der Waals surface area contributed by atoms with Gasteiger partial charge in [0, 0.05) is 17.6 Å². The lowest BCUT2D eigenvalue weighted by molar-refractivity contribution is 0.319. The average Bonchev–Trinajstić information content (AvgIpc) is 2.77. The van der Waals surface area contributed by atoms with Crippen molar-refractivity contribution < 1.29 is 0 Å². The maximum absolute atomic E-state index is 5.98. The summed E-state index contributed by atoms with van der Waals surface area (Å²) in [5.41, 5.74) is 9.39. The molecule has 1 aliphatic rings. The van der Waals surface area contributed by atoms with Crippen LogP contribution < -0.4 is 11.1 Å². The van der Waals surface area contributed by atoms with E-state index < -0.39 is 5.54 Å². The minimum absolute atomic E-state index is 0.340. The summed E-state index contributed by atoms with van der Waals surface area (Å²) in [6.07, 6.45) is 4.98. The number of nitrogens with two attached hydrogens (primary N) is 1. The molecule has 0 heterocycles. The molecule has 3 atom stereocenters. The molecule has 0 spiro atoms. The Kier molecular flexibility index (Phi) is 6.46. The van der Waals surface area contributed by atoms with Crippen molar-refractivity contribution in [2.45, 2.75) is 70.0 Å². The first-order chi connectivity index (χ1) is 14.9. The Morgan fingerprint density at radius 2 is 1.71 bits per heavy atom. The summed E-state index contributed by atoms with van der Waals surface area (Å²) >= 11 is 0. The summed E-state index contributed by atoms with van der Waals surface area (Å²) in [7, 11) is 0. The number of hydrogen-bond acceptors (Lipinski definition) is 2. The van der Waals surface area contributed by atoms with Crippen molar-refractivity contribution >= 4 is 10.8 Å². The van der Waals surface area contributed by atoms with Crippen LogP contribution >= 0.6 is 0 Å². The Balaban J connectivity index is 1.43. The van der Waals surface area contributed by atoms with Crippen molar-refractivity contribution in [3.8, 4) is 11.8 Å². The van der Waals surface area contributed by atoms with Gasteiger partial charge in [-0.05, 0) is 80.0 Å². The Labute approximate surface area is 187 Å². The maximum atomic E-state index is 5.98. The van der Waals surface area contributed by atoms with Crippen LogP contribution in [0.3, 0.4) is 0 Å². The molecule has 1 fully saturated rings. The zero-order chi connectivity index (χ0) is 21.8. The predicted molar refractivity (Wildman–Crippen MR) is 132 cm³/mol. The molecule has 1 aliphatic carbocycles. The molecule has 1 saturated carbocycles. The van der Waals surface area contributed by atoms with E-state index in [-0.39, 0.29) is 0 Å². The van der Waals surface area contributed by atoms with Crippen LogP contribution in [0.2, 0.25) is 0 Å². The third-order valence-electron chi connectivity index (χ3n) is 6.36. The van der Waals surface area contributed by atoms with Gasteiger partial charge in [-0.1, -0.05) is 72.9 Å². The molecule has 0 aliphatic heterocycles. The highest BCUT2D eigenvalue weighted by atomic mass is 14.9. The first-order valence-corrected chi connectivity index (χ1v) is 11.5. The van der Waals surface area contributed by atoms with Gasteiger partial charge in [-0.2, -0.15) is 0 Å². The fraction of sp³-hybridized carbons (Fsp3) is 0.379. The molecule has 0 aromatic heterocycles. The van der Waals surface area contributed by atoms with Gasteiger partial charge in [0.2, 0.25) is 0 Å². The molecule has 0 saturated heterocycles. The smallest absolute Gasteiger partial charge is 0.0722 e. The summed E-state index contributed by atoms with van der Waals surface area (Å²) < 4.78 is 0. The van der Waals surface area contributed by atoms with Crippen LogP contribution in [0.15, 0.2) is 66.7 Å². The van der Waals surface area contributed by atoms with Crippen molar-refractivity contribution in [2.75, 3.05) is 0 Å². The van der Waals surface area contributed by atoms with Crippen LogP contribution in [0.25, 0.3) is 10.8 Å². The van der Waals surface area contributed by atoms with E-state index in [0.717, 1.165) is 5.56 Å². The zero-order valence-corrected chi connectivity index (χ0v) is 19.0. The second-order valence-corrected chi connectivity index (χ2v) is 9.61. The monoisotopic (exact) mass is 410 g/mol. The maximum Gasteiger partial charge on any atom is 0.0722 e. The Morgan fingerprint density at radius 3 is 2.48 bits per heavy atom. The van der Waals surface area contributed by atoms with Gasteiger partial charge < -0.3 is 11.1 Å². The standard InChI is InChI=1S/C29H34N2/c1-21(27-13-7-9-24-8-4-5-12-28(24)27)31-26-11-6-10-25(20-26)23-16-14-22(15-17-23)18-19-29(2,3)30/h4-5,7-9,12-17,21,25-26,31H,6,10-11,20,30H2,1-3H3/t21-,25+,26?/m1/s1. The minimum atomic E-state index is -0.457. The van der Waals surface area contributed by atoms with E-state index in [2.05, 4.69) is 90.8 Å². The van der Waals surface area contributed by atoms with E-state index >= 15 is 0 Å². The fourth-order valence-electron chi connectivity index (χ4n) is 4.79. The SMILES string of the molecule is C[C@@H](NC1CCC[C@H](c2ccc(C#CC(C)(C)N)cc2)C1)c1cccc2ccccc12. The van der Waals surface area contributed by atoms with E-state index in [1.807, 2.05) is 13.8 Å². The molecule has 0 amide bonds. The lowest BCUT2D eigenvalue weighted by atomic mass is 9.81. The summed E-state index contributed by atoms with van der Waals surface area (Å²) in [6.45, 7) is 6.17. The second kappa shape index (κ2) is 9.27. The van der Waals surface area contributed by atoms with Crippen molar-refractivity contribution in [3.05, 3.63) is 83.4 Å². The number of hydrogen-bond donors (Lipinski definition) is 2. The highest BCUT2D eigenvalue weighted by molar-refractivity contribution is 5.86. The molecule has 0 bridgehead atoms. The van der Waals surface area contributed by atoms with Gasteiger partial charge in [0.25, 0.3) is 0 Å². The number of rotatable bonds is 4. The fourth-order valence-corrected chi connectivity index (χ4v) is 4.79. The first-order valence-electron chi connectivity index (χ1n) is 11.5. The minimum Gasteiger partial charge on any atom is -0.316 e. The summed E-state index contributed by atoms with van der Waals surface area (Å²) in [5.74, 6) is 6.92. The van der Waals surface area contributed by atoms with Crippen molar-refractivity contribution in [3.63, 3.8) is 0 Å². The molecule has 1 unspecified atom stereocenters. The van der Waals surface area contributed by atoms with E-state index in [0.29, 0.717) is 18.0 Å². The van der Waals surface area contributed by atoms with Crippen LogP contribution in [-0.2, 0) is 0 Å². The molecule has 3 N–H and O–H groups in total. The van der Waals surface area contributed by atoms with Gasteiger partial charge >= 0.3 is 0 Å². The highest BCUT2D eigenvalue weighted by Gasteiger charge is 2.24. The number of fused-ring (bicyclic) bond motifs is 1. The number of benzene rings is 3. The van der Waals surface area contributed by atoms with Crippen molar-refractivity contribution in [2.24, 2.45) is 5.73 Å². The van der Waals surface area contributed by atoms with Gasteiger partial charge in [-0.25, -0.2) is 0 Å². The van der Waals surface area contributed by atoms with E-state index in [9.17, 15) is 0 Å². The van der Waals surface area contributed by atoms with E-state index in [1.54, 1.807) is 0 Å². The molecule has 160 valence electrons. The zero-order valence-electron chi connectivity index (χ0n) is 19.0. The highest BCUT2D eigenvalue weighted by Crippen LogP contribution is 2.34. The van der Waals surface area contributed by atoms with Crippen LogP contribution in [0.1, 0.15) is 75.1 Å². The quantitative estimate of drug-likeness (QED) is 0.495. The average molecular weight is 411 g/mol. The lowest BCUT2D eigenvalue weighted by Crippen LogP contribution is -2.35. The van der Waals surface area contributed by atoms with Gasteiger partial charge in [0.1, 0.15) is 0 Å². The summed E-state index contributed by atoms with van der Waals surface area (Å²) in [4.78, 5) is 0. The summed E-state index contributed by atoms with van der Waals surface area (Å²) in [5, 5.41) is 6.61. The lowest BCUT2D eigenvalue weighted by Gasteiger charge is -2.32. The van der Waals surface area contributed by atoms with Crippen LogP contribution in [-0.4, -0.2) is 11.6 Å². The van der Waals surface area contributed by atoms with Gasteiger partial charge in [0.15, 0.2) is 0 Å². The molecule has 3 aromatic carbocycles. The molecule has 0 radical (unpaired) electrons. The topological polar surface area (TPSA) is 38.0 Å².